The second kappa shape index (κ2) is 5.75. The average molecular weight is 339 g/mol. The van der Waals surface area contributed by atoms with Crippen LogP contribution in [0.3, 0.4) is 0 Å². The predicted molar refractivity (Wildman–Crippen MR) is 85.5 cm³/mol. The topological polar surface area (TPSA) is 51.2 Å². The summed E-state index contributed by atoms with van der Waals surface area (Å²) < 4.78 is 6.55. The van der Waals surface area contributed by atoms with Crippen molar-refractivity contribution in [1.82, 2.24) is 0 Å². The van der Waals surface area contributed by atoms with E-state index < -0.39 is 0 Å². The molecule has 3 nitrogen and oxygen atoms in total. The Morgan fingerprint density at radius 1 is 1.37 bits per heavy atom. The van der Waals surface area contributed by atoms with E-state index in [0.29, 0.717) is 4.99 Å². The van der Waals surface area contributed by atoms with Crippen LogP contribution < -0.4 is 11.1 Å². The fraction of sp³-hybridized carbons (Fsp3) is 0.214. The van der Waals surface area contributed by atoms with Gasteiger partial charge in [-0.3, -0.25) is 0 Å². The van der Waals surface area contributed by atoms with Gasteiger partial charge in [0.15, 0.2) is 0 Å². The van der Waals surface area contributed by atoms with Gasteiger partial charge in [-0.15, -0.1) is 0 Å². The van der Waals surface area contributed by atoms with Crippen LogP contribution in [0.15, 0.2) is 39.2 Å². The molecule has 100 valence electrons. The number of halogens is 1. The quantitative estimate of drug-likeness (QED) is 0.822. The Bertz CT molecular complexity index is 609. The van der Waals surface area contributed by atoms with Crippen molar-refractivity contribution < 1.29 is 4.42 Å². The number of rotatable bonds is 4. The highest BCUT2D eigenvalue weighted by Crippen LogP contribution is 2.26. The molecule has 0 bridgehead atoms. The summed E-state index contributed by atoms with van der Waals surface area (Å²) in [6, 6.07) is 9.76. The lowest BCUT2D eigenvalue weighted by atomic mass is 10.1. The van der Waals surface area contributed by atoms with Crippen LogP contribution in [-0.2, 0) is 0 Å². The summed E-state index contributed by atoms with van der Waals surface area (Å²) in [4.78, 5) is 0.367. The molecule has 5 heteroatoms. The first-order valence-corrected chi connectivity index (χ1v) is 7.09. The summed E-state index contributed by atoms with van der Waals surface area (Å²) in [7, 11) is 0. The largest absolute Gasteiger partial charge is 0.464 e. The first-order valence-electron chi connectivity index (χ1n) is 5.89. The number of benzene rings is 1. The number of nitrogens with two attached hydrogens (primary N) is 1. The number of furan rings is 1. The fourth-order valence-electron chi connectivity index (χ4n) is 1.84. The van der Waals surface area contributed by atoms with Gasteiger partial charge >= 0.3 is 0 Å². The second-order valence-electron chi connectivity index (χ2n) is 4.37. The van der Waals surface area contributed by atoms with Crippen molar-refractivity contribution in [3.63, 3.8) is 0 Å². The third kappa shape index (κ3) is 3.36. The van der Waals surface area contributed by atoms with Crippen molar-refractivity contribution in [3.8, 4) is 0 Å². The maximum Gasteiger partial charge on any atom is 0.126 e. The van der Waals surface area contributed by atoms with E-state index in [1.165, 1.54) is 0 Å². The minimum Gasteiger partial charge on any atom is -0.464 e. The first-order chi connectivity index (χ1) is 8.97. The predicted octanol–water partition coefficient (Wildman–Crippen LogP) is 4.16. The Labute approximate surface area is 126 Å². The van der Waals surface area contributed by atoms with Crippen LogP contribution in [-0.4, -0.2) is 4.99 Å². The van der Waals surface area contributed by atoms with Crippen LogP contribution in [0, 0.1) is 6.92 Å². The average Bonchev–Trinajstić information content (AvgIpc) is 2.78. The third-order valence-corrected chi connectivity index (χ3v) is 3.52. The molecular formula is C14H15BrN2OS. The highest BCUT2D eigenvalue weighted by atomic mass is 79.9. The van der Waals surface area contributed by atoms with Gasteiger partial charge in [0, 0.05) is 15.7 Å². The van der Waals surface area contributed by atoms with Gasteiger partial charge in [0.2, 0.25) is 0 Å². The minimum absolute atomic E-state index is 0.0444. The summed E-state index contributed by atoms with van der Waals surface area (Å²) >= 11 is 8.49. The molecule has 0 radical (unpaired) electrons. The Morgan fingerprint density at radius 3 is 2.68 bits per heavy atom. The number of hydrogen-bond donors (Lipinski definition) is 2. The number of hydrogen-bond acceptors (Lipinski definition) is 3. The molecule has 2 aromatic rings. The highest BCUT2D eigenvalue weighted by molar-refractivity contribution is 9.10. The van der Waals surface area contributed by atoms with Gasteiger partial charge in [0.1, 0.15) is 16.5 Å². The molecule has 0 aliphatic carbocycles. The number of aryl methyl sites for hydroxylation is 1. The van der Waals surface area contributed by atoms with E-state index >= 15 is 0 Å². The molecule has 1 unspecified atom stereocenters. The van der Waals surface area contributed by atoms with Crippen molar-refractivity contribution >= 4 is 38.8 Å². The lowest BCUT2D eigenvalue weighted by molar-refractivity contribution is 0.467. The molecule has 2 rings (SSSR count). The molecule has 0 aliphatic rings. The second-order valence-corrected chi connectivity index (χ2v) is 5.72. The van der Waals surface area contributed by atoms with Gasteiger partial charge in [-0.05, 0) is 44.2 Å². The van der Waals surface area contributed by atoms with Gasteiger partial charge in [-0.25, -0.2) is 0 Å². The molecule has 1 atom stereocenters. The van der Waals surface area contributed by atoms with Gasteiger partial charge in [-0.2, -0.15) is 0 Å². The summed E-state index contributed by atoms with van der Waals surface area (Å²) in [5.41, 5.74) is 7.47. The first kappa shape index (κ1) is 14.1. The van der Waals surface area contributed by atoms with E-state index in [1.54, 1.807) is 0 Å². The van der Waals surface area contributed by atoms with E-state index in [0.717, 1.165) is 27.2 Å². The zero-order valence-corrected chi connectivity index (χ0v) is 13.1. The maximum atomic E-state index is 5.75. The molecule has 19 heavy (non-hydrogen) atoms. The zero-order valence-electron chi connectivity index (χ0n) is 10.7. The zero-order chi connectivity index (χ0) is 14.0. The van der Waals surface area contributed by atoms with Crippen molar-refractivity contribution in [2.24, 2.45) is 5.73 Å². The summed E-state index contributed by atoms with van der Waals surface area (Å²) in [5, 5.41) is 3.37. The van der Waals surface area contributed by atoms with E-state index in [-0.39, 0.29) is 6.04 Å². The van der Waals surface area contributed by atoms with Crippen LogP contribution >= 0.6 is 28.1 Å². The standard InChI is InChI=1S/C14H15BrN2OS/c1-8-3-6-13(18-8)9(2)17-12-5-4-10(15)7-11(12)14(16)19/h3-7,9,17H,1-2H3,(H2,16,19). The fourth-order valence-corrected chi connectivity index (χ4v) is 2.37. The highest BCUT2D eigenvalue weighted by Gasteiger charge is 2.12. The maximum absolute atomic E-state index is 5.75. The molecule has 1 heterocycles. The van der Waals surface area contributed by atoms with Crippen LogP contribution in [0.1, 0.15) is 30.0 Å². The van der Waals surface area contributed by atoms with Gasteiger partial charge < -0.3 is 15.5 Å². The molecular weight excluding hydrogens is 324 g/mol. The Kier molecular flexibility index (Phi) is 4.27. The Morgan fingerprint density at radius 2 is 2.11 bits per heavy atom. The van der Waals surface area contributed by atoms with E-state index in [2.05, 4.69) is 21.2 Å². The summed E-state index contributed by atoms with van der Waals surface area (Å²) in [6.07, 6.45) is 0. The van der Waals surface area contributed by atoms with Crippen LogP contribution in [0.4, 0.5) is 5.69 Å². The molecule has 3 N–H and O–H groups in total. The van der Waals surface area contributed by atoms with Crippen molar-refractivity contribution in [2.45, 2.75) is 19.9 Å². The lowest BCUT2D eigenvalue weighted by Crippen LogP contribution is -2.15. The number of nitrogens with one attached hydrogen (secondary N) is 1. The van der Waals surface area contributed by atoms with E-state index in [9.17, 15) is 0 Å². The summed E-state index contributed by atoms with van der Waals surface area (Å²) in [5.74, 6) is 1.78. The van der Waals surface area contributed by atoms with Crippen LogP contribution in [0.25, 0.3) is 0 Å². The third-order valence-electron chi connectivity index (χ3n) is 2.81. The SMILES string of the molecule is Cc1ccc(C(C)Nc2ccc(Br)cc2C(N)=S)o1. The Balaban J connectivity index is 2.26. The molecule has 0 aliphatic heterocycles. The van der Waals surface area contributed by atoms with E-state index in [1.807, 2.05) is 44.2 Å². The van der Waals surface area contributed by atoms with E-state index in [4.69, 9.17) is 22.4 Å². The summed E-state index contributed by atoms with van der Waals surface area (Å²) in [6.45, 7) is 3.96. The molecule has 0 saturated heterocycles. The number of anilines is 1. The van der Waals surface area contributed by atoms with Crippen LogP contribution in [0.2, 0.25) is 0 Å². The molecule has 0 saturated carbocycles. The molecule has 0 spiro atoms. The van der Waals surface area contributed by atoms with Crippen LogP contribution in [0.5, 0.6) is 0 Å². The van der Waals surface area contributed by atoms with Crippen molar-refractivity contribution in [3.05, 3.63) is 51.9 Å². The van der Waals surface area contributed by atoms with Gasteiger partial charge in [0.25, 0.3) is 0 Å². The Hall–Kier alpha value is -1.33. The number of thiocarbonyl (C=S) groups is 1. The van der Waals surface area contributed by atoms with Crippen molar-refractivity contribution in [1.29, 1.82) is 0 Å². The monoisotopic (exact) mass is 338 g/mol. The minimum atomic E-state index is 0.0444. The smallest absolute Gasteiger partial charge is 0.126 e. The molecule has 1 aromatic carbocycles. The molecule has 1 aromatic heterocycles. The van der Waals surface area contributed by atoms with Gasteiger partial charge in [0.05, 0.1) is 6.04 Å². The lowest BCUT2D eigenvalue weighted by Gasteiger charge is -2.16. The normalized spacial score (nSPS) is 12.2. The van der Waals surface area contributed by atoms with Crippen molar-refractivity contribution in [2.75, 3.05) is 5.32 Å². The van der Waals surface area contributed by atoms with Gasteiger partial charge in [-0.1, -0.05) is 28.1 Å². The molecule has 0 amide bonds. The molecule has 0 fully saturated rings.